The Morgan fingerprint density at radius 3 is 2.52 bits per heavy atom. The van der Waals surface area contributed by atoms with Gasteiger partial charge in [0, 0.05) is 17.7 Å². The quantitative estimate of drug-likeness (QED) is 0.191. The highest BCUT2D eigenvalue weighted by molar-refractivity contribution is 6.10. The second-order valence-electron chi connectivity index (χ2n) is 10.9. The Morgan fingerprint density at radius 1 is 1.14 bits per heavy atom. The first-order valence-electron chi connectivity index (χ1n) is 14.0. The van der Waals surface area contributed by atoms with Crippen LogP contribution in [0.5, 0.6) is 0 Å². The maximum absolute atomic E-state index is 12.4. The molecule has 2 saturated heterocycles. The zero-order valence-corrected chi connectivity index (χ0v) is 26.2. The number of aliphatic hydroxyl groups is 2. The maximum atomic E-state index is 12.4. The summed E-state index contributed by atoms with van der Waals surface area (Å²) in [6.45, 7) is 4.70. The summed E-state index contributed by atoms with van der Waals surface area (Å²) in [7, 11) is 5.28. The number of hydrogen-bond donors (Lipinski definition) is 4. The Kier molecular flexibility index (Phi) is 12.6. The van der Waals surface area contributed by atoms with Gasteiger partial charge in [-0.25, -0.2) is 9.78 Å². The molecule has 242 valence electrons. The van der Waals surface area contributed by atoms with Gasteiger partial charge in [0.2, 0.25) is 5.95 Å². The molecule has 5 atom stereocenters. The second kappa shape index (κ2) is 15.7. The van der Waals surface area contributed by atoms with E-state index in [1.165, 1.54) is 7.11 Å². The van der Waals surface area contributed by atoms with E-state index in [4.69, 9.17) is 24.1 Å². The molecule has 4 N–H and O–H groups in total. The number of benzene rings is 2. The maximum Gasteiger partial charge on any atom is 0.413 e. The summed E-state index contributed by atoms with van der Waals surface area (Å²) >= 11 is 0. The van der Waals surface area contributed by atoms with Gasteiger partial charge in [0.1, 0.15) is 24.4 Å². The molecule has 0 saturated carbocycles. The summed E-state index contributed by atoms with van der Waals surface area (Å²) in [5.41, 5.74) is 2.48. The topological polar surface area (TPSA) is 165 Å². The SMILES string of the molecule is CN(C)CCCOC1C(C(O)CO)OC2OC(C)(C)OC21.COC(=O)Nc1nc2ccc(C(=O)c3ccccc3)cc2[nH]1.Cl. The van der Waals surface area contributed by atoms with Crippen LogP contribution in [0.1, 0.15) is 36.2 Å². The van der Waals surface area contributed by atoms with Crippen LogP contribution in [0.15, 0.2) is 48.5 Å². The predicted molar refractivity (Wildman–Crippen MR) is 164 cm³/mol. The zero-order valence-electron chi connectivity index (χ0n) is 25.4. The van der Waals surface area contributed by atoms with Crippen molar-refractivity contribution in [1.82, 2.24) is 14.9 Å². The molecule has 13 nitrogen and oxygen atoms in total. The van der Waals surface area contributed by atoms with E-state index in [-0.39, 0.29) is 36.8 Å². The van der Waals surface area contributed by atoms with Gasteiger partial charge >= 0.3 is 6.09 Å². The number of nitrogens with one attached hydrogen (secondary N) is 2. The lowest BCUT2D eigenvalue weighted by atomic mass is 10.0. The van der Waals surface area contributed by atoms with Crippen LogP contribution in [0.2, 0.25) is 0 Å². The number of aromatic amines is 1. The van der Waals surface area contributed by atoms with E-state index in [1.807, 2.05) is 46.1 Å². The molecule has 3 heterocycles. The Labute approximate surface area is 262 Å². The van der Waals surface area contributed by atoms with Crippen LogP contribution in [0.3, 0.4) is 0 Å². The molecule has 1 amide bonds. The molecule has 0 radical (unpaired) electrons. The number of imidazole rings is 1. The van der Waals surface area contributed by atoms with Crippen molar-refractivity contribution in [3.05, 3.63) is 59.7 Å². The molecule has 5 unspecified atom stereocenters. The van der Waals surface area contributed by atoms with Crippen molar-refractivity contribution in [3.8, 4) is 0 Å². The summed E-state index contributed by atoms with van der Waals surface area (Å²) < 4.78 is 27.5. The number of halogens is 1. The van der Waals surface area contributed by atoms with Crippen molar-refractivity contribution in [2.24, 2.45) is 0 Å². The van der Waals surface area contributed by atoms with Gasteiger partial charge in [-0.15, -0.1) is 12.4 Å². The third kappa shape index (κ3) is 8.96. The van der Waals surface area contributed by atoms with Crippen LogP contribution in [0.25, 0.3) is 11.0 Å². The number of aromatic nitrogens is 2. The molecule has 1 aromatic heterocycles. The van der Waals surface area contributed by atoms with Gasteiger partial charge in [0.25, 0.3) is 0 Å². The number of H-pyrrole nitrogens is 1. The fourth-order valence-corrected chi connectivity index (χ4v) is 4.82. The zero-order chi connectivity index (χ0) is 31.1. The van der Waals surface area contributed by atoms with Crippen molar-refractivity contribution in [1.29, 1.82) is 0 Å². The van der Waals surface area contributed by atoms with Gasteiger partial charge in [0.15, 0.2) is 17.9 Å². The monoisotopic (exact) mass is 636 g/mol. The normalized spacial score (nSPS) is 22.5. The van der Waals surface area contributed by atoms with Crippen LogP contribution in [0.4, 0.5) is 10.7 Å². The number of rotatable bonds is 10. The minimum atomic E-state index is -1.01. The van der Waals surface area contributed by atoms with Gasteiger partial charge in [-0.05, 0) is 59.1 Å². The summed E-state index contributed by atoms with van der Waals surface area (Å²) in [6, 6.07) is 14.2. The number of aliphatic hydroxyl groups excluding tert-OH is 2. The molecule has 2 aliphatic rings. The largest absolute Gasteiger partial charge is 0.453 e. The number of amides is 1. The minimum Gasteiger partial charge on any atom is -0.453 e. The third-order valence-electron chi connectivity index (χ3n) is 6.84. The molecule has 0 aliphatic carbocycles. The van der Waals surface area contributed by atoms with Crippen LogP contribution < -0.4 is 5.32 Å². The van der Waals surface area contributed by atoms with E-state index in [9.17, 15) is 14.7 Å². The minimum absolute atomic E-state index is 0. The Morgan fingerprint density at radius 2 is 1.86 bits per heavy atom. The second-order valence-corrected chi connectivity index (χ2v) is 10.9. The fraction of sp³-hybridized carbons (Fsp3) is 0.500. The summed E-state index contributed by atoms with van der Waals surface area (Å²) in [5.74, 6) is -0.527. The summed E-state index contributed by atoms with van der Waals surface area (Å²) in [4.78, 5) is 32.8. The number of anilines is 1. The number of nitrogens with zero attached hydrogens (tertiary/aromatic N) is 2. The van der Waals surface area contributed by atoms with Crippen molar-refractivity contribution in [2.45, 2.75) is 56.8 Å². The standard InChI is InChI=1S/C16H13N3O3.C14H27NO6.ClH/c1-22-16(21)19-15-17-12-8-7-11(9-13(12)18-15)14(20)10-5-3-2-4-6-10;1-14(2)20-12-11(18-7-5-6-15(3)4)10(9(17)8-16)19-13(12)21-14;/h2-9H,1H3,(H2,17,18,19,21);9-13,16-17H,5-8H2,1-4H3;1H. The van der Waals surface area contributed by atoms with Crippen LogP contribution >= 0.6 is 12.4 Å². The first-order chi connectivity index (χ1) is 20.5. The molecule has 14 heteroatoms. The highest BCUT2D eigenvalue weighted by Crippen LogP contribution is 2.39. The number of hydrogen-bond acceptors (Lipinski definition) is 11. The van der Waals surface area contributed by atoms with E-state index in [0.29, 0.717) is 28.8 Å². The summed E-state index contributed by atoms with van der Waals surface area (Å²) in [5, 5.41) is 21.5. The lowest BCUT2D eigenvalue weighted by molar-refractivity contribution is -0.231. The lowest BCUT2D eigenvalue weighted by Gasteiger charge is -2.28. The number of fused-ring (bicyclic) bond motifs is 2. The molecule has 2 aliphatic heterocycles. The van der Waals surface area contributed by atoms with Crippen molar-refractivity contribution < 1.29 is 43.5 Å². The van der Waals surface area contributed by atoms with Crippen molar-refractivity contribution in [2.75, 3.05) is 46.3 Å². The fourth-order valence-electron chi connectivity index (χ4n) is 4.82. The third-order valence-corrected chi connectivity index (χ3v) is 6.84. The average molecular weight is 637 g/mol. The number of carbonyl (C=O) groups is 2. The van der Waals surface area contributed by atoms with Gasteiger partial charge in [-0.1, -0.05) is 30.3 Å². The predicted octanol–water partition coefficient (Wildman–Crippen LogP) is 2.95. The average Bonchev–Trinajstić information content (AvgIpc) is 3.63. The van der Waals surface area contributed by atoms with Gasteiger partial charge in [0.05, 0.1) is 24.8 Å². The van der Waals surface area contributed by atoms with E-state index in [0.717, 1.165) is 13.0 Å². The molecule has 2 fully saturated rings. The Balaban J connectivity index is 0.000000235. The number of ether oxygens (including phenoxy) is 5. The van der Waals surface area contributed by atoms with E-state index >= 15 is 0 Å². The Hall–Kier alpha value is -3.14. The van der Waals surface area contributed by atoms with Crippen LogP contribution in [0, 0.1) is 0 Å². The highest BCUT2D eigenvalue weighted by Gasteiger charge is 2.56. The Bertz CT molecular complexity index is 1370. The van der Waals surface area contributed by atoms with Gasteiger partial charge < -0.3 is 43.8 Å². The van der Waals surface area contributed by atoms with Crippen LogP contribution in [-0.4, -0.2) is 114 Å². The van der Waals surface area contributed by atoms with E-state index in [2.05, 4.69) is 24.9 Å². The van der Waals surface area contributed by atoms with Crippen molar-refractivity contribution >= 4 is 41.3 Å². The molecule has 2 aromatic carbocycles. The highest BCUT2D eigenvalue weighted by atomic mass is 35.5. The first kappa shape index (κ1) is 35.3. The molecule has 0 bridgehead atoms. The lowest BCUT2D eigenvalue weighted by Crippen LogP contribution is -2.44. The smallest absolute Gasteiger partial charge is 0.413 e. The molecule has 3 aromatic rings. The van der Waals surface area contributed by atoms with E-state index < -0.39 is 36.5 Å². The first-order valence-corrected chi connectivity index (χ1v) is 14.0. The van der Waals surface area contributed by atoms with Crippen molar-refractivity contribution in [3.63, 3.8) is 0 Å². The van der Waals surface area contributed by atoms with Gasteiger partial charge in [-0.2, -0.15) is 0 Å². The molecule has 44 heavy (non-hydrogen) atoms. The van der Waals surface area contributed by atoms with Crippen LogP contribution in [-0.2, 0) is 23.7 Å². The number of methoxy groups -OCH3 is 1. The molecular formula is C30H41ClN4O9. The number of carbonyl (C=O) groups excluding carboxylic acids is 2. The molecule has 0 spiro atoms. The summed E-state index contributed by atoms with van der Waals surface area (Å²) in [6.07, 6.45) is -2.78. The number of ketones is 1. The van der Waals surface area contributed by atoms with E-state index in [1.54, 1.807) is 30.3 Å². The van der Waals surface area contributed by atoms with Gasteiger partial charge in [-0.3, -0.25) is 10.1 Å². The molecular weight excluding hydrogens is 596 g/mol. The molecule has 5 rings (SSSR count).